The van der Waals surface area contributed by atoms with Gasteiger partial charge in [0.25, 0.3) is 0 Å². The van der Waals surface area contributed by atoms with Crippen LogP contribution in [0.5, 0.6) is 0 Å². The molecule has 9 nitrogen and oxygen atoms in total. The van der Waals surface area contributed by atoms with Crippen LogP contribution in [0.4, 0.5) is 4.79 Å². The fourth-order valence-electron chi connectivity index (χ4n) is 6.23. The standard InChI is InChI=1S/C36H45N3O6/c1-24-33(21-39-18-6-9-31(39)23-41)44-35(45-34(24)29-14-12-28(22-40)13-15-29)30-16-10-27(11-17-30)20-37-36(43)38-32(25(2)42)19-26-7-4-3-5-8-26/h3-5,7-8,10-17,24,31-35,40-41H,6,9,18-23H2,1-2H3,(H2,37,38,43). The fraction of sp³-hybridized carbons (Fsp3) is 0.444. The first-order valence-corrected chi connectivity index (χ1v) is 15.9. The van der Waals surface area contributed by atoms with Gasteiger partial charge in [-0.1, -0.05) is 85.8 Å². The zero-order valence-corrected chi connectivity index (χ0v) is 26.1. The number of hydrogen-bond acceptors (Lipinski definition) is 7. The van der Waals surface area contributed by atoms with Gasteiger partial charge < -0.3 is 30.3 Å². The van der Waals surface area contributed by atoms with E-state index in [2.05, 4.69) is 22.5 Å². The maximum atomic E-state index is 12.7. The van der Waals surface area contributed by atoms with Crippen molar-refractivity contribution >= 4 is 11.8 Å². The van der Waals surface area contributed by atoms with Crippen molar-refractivity contribution in [2.24, 2.45) is 5.92 Å². The van der Waals surface area contributed by atoms with E-state index in [4.69, 9.17) is 9.47 Å². The highest BCUT2D eigenvalue weighted by Crippen LogP contribution is 2.42. The number of nitrogens with one attached hydrogen (secondary N) is 2. The first kappa shape index (κ1) is 32.8. The lowest BCUT2D eigenvalue weighted by Crippen LogP contribution is -2.46. The zero-order valence-electron chi connectivity index (χ0n) is 26.1. The molecule has 9 heteroatoms. The van der Waals surface area contributed by atoms with Gasteiger partial charge in [-0.25, -0.2) is 4.79 Å². The molecule has 5 rings (SSSR count). The van der Waals surface area contributed by atoms with Crippen molar-refractivity contribution in [1.29, 1.82) is 0 Å². The summed E-state index contributed by atoms with van der Waals surface area (Å²) in [4.78, 5) is 27.1. The molecule has 6 unspecified atom stereocenters. The van der Waals surface area contributed by atoms with Crippen LogP contribution in [0.2, 0.25) is 0 Å². The number of nitrogens with zero attached hydrogens (tertiary/aromatic N) is 1. The molecule has 6 atom stereocenters. The van der Waals surface area contributed by atoms with E-state index in [0.717, 1.165) is 47.2 Å². The third-order valence-corrected chi connectivity index (χ3v) is 9.03. The molecule has 0 bridgehead atoms. The van der Waals surface area contributed by atoms with Gasteiger partial charge in [-0.05, 0) is 55.0 Å². The number of aliphatic hydroxyl groups is 2. The topological polar surface area (TPSA) is 120 Å². The molecule has 0 radical (unpaired) electrons. The maximum Gasteiger partial charge on any atom is 0.315 e. The van der Waals surface area contributed by atoms with Crippen molar-refractivity contribution in [2.45, 2.75) is 76.8 Å². The predicted molar refractivity (Wildman–Crippen MR) is 171 cm³/mol. The van der Waals surface area contributed by atoms with Crippen molar-refractivity contribution < 1.29 is 29.3 Å². The van der Waals surface area contributed by atoms with Crippen LogP contribution in [0.3, 0.4) is 0 Å². The van der Waals surface area contributed by atoms with Gasteiger partial charge in [-0.2, -0.15) is 0 Å². The van der Waals surface area contributed by atoms with Gasteiger partial charge in [0.1, 0.15) is 0 Å². The summed E-state index contributed by atoms with van der Waals surface area (Å²) in [7, 11) is 0. The second-order valence-electron chi connectivity index (χ2n) is 12.2. The first-order valence-electron chi connectivity index (χ1n) is 15.9. The lowest BCUT2D eigenvalue weighted by atomic mass is 9.90. The monoisotopic (exact) mass is 615 g/mol. The molecule has 2 amide bonds. The average molecular weight is 616 g/mol. The molecular weight excluding hydrogens is 570 g/mol. The Kier molecular flexibility index (Phi) is 11.4. The van der Waals surface area contributed by atoms with E-state index in [0.29, 0.717) is 19.5 Å². The van der Waals surface area contributed by atoms with Crippen molar-refractivity contribution in [3.8, 4) is 0 Å². The number of urea groups is 1. The summed E-state index contributed by atoms with van der Waals surface area (Å²) in [5.41, 5.74) is 4.63. The lowest BCUT2D eigenvalue weighted by molar-refractivity contribution is -0.276. The minimum atomic E-state index is -0.605. The molecule has 240 valence electrons. The second-order valence-corrected chi connectivity index (χ2v) is 12.2. The molecule has 45 heavy (non-hydrogen) atoms. The van der Waals surface area contributed by atoms with E-state index in [9.17, 15) is 19.8 Å². The number of ketones is 1. The Bertz CT molecular complexity index is 1380. The number of benzene rings is 3. The minimum absolute atomic E-state index is 0.0128. The molecule has 0 spiro atoms. The second kappa shape index (κ2) is 15.6. The number of Topliss-reactive ketones (excluding diaryl/α,β-unsaturated/α-hetero) is 1. The number of likely N-dealkylation sites (tertiary alicyclic amines) is 1. The van der Waals surface area contributed by atoms with Crippen molar-refractivity contribution in [3.05, 3.63) is 107 Å². The van der Waals surface area contributed by atoms with E-state index in [-0.39, 0.29) is 43.2 Å². The SMILES string of the molecule is CC(=O)C(Cc1ccccc1)NC(=O)NCc1ccc(C2OC(CN3CCCC3CO)C(C)C(c3ccc(CO)cc3)O2)cc1. The highest BCUT2D eigenvalue weighted by Gasteiger charge is 2.40. The number of rotatable bonds is 12. The van der Waals surface area contributed by atoms with Gasteiger partial charge >= 0.3 is 6.03 Å². The van der Waals surface area contributed by atoms with Crippen LogP contribution in [-0.4, -0.2) is 64.8 Å². The highest BCUT2D eigenvalue weighted by atomic mass is 16.7. The number of aliphatic hydroxyl groups excluding tert-OH is 2. The molecular formula is C36H45N3O6. The maximum absolute atomic E-state index is 12.7. The normalized spacial score (nSPS) is 24.2. The number of hydrogen-bond donors (Lipinski definition) is 4. The molecule has 4 N–H and O–H groups in total. The summed E-state index contributed by atoms with van der Waals surface area (Å²) in [6, 6.07) is 24.4. The highest BCUT2D eigenvalue weighted by molar-refractivity contribution is 5.87. The number of carbonyl (C=O) groups excluding carboxylic acids is 2. The van der Waals surface area contributed by atoms with E-state index < -0.39 is 18.4 Å². The molecule has 3 aromatic rings. The molecule has 0 aliphatic carbocycles. The van der Waals surface area contributed by atoms with Crippen molar-refractivity contribution in [3.63, 3.8) is 0 Å². The van der Waals surface area contributed by atoms with Gasteiger partial charge in [-0.15, -0.1) is 0 Å². The van der Waals surface area contributed by atoms with Crippen LogP contribution in [0.25, 0.3) is 0 Å². The van der Waals surface area contributed by atoms with Crippen LogP contribution in [-0.2, 0) is 33.8 Å². The Morgan fingerprint density at radius 1 is 0.911 bits per heavy atom. The summed E-state index contributed by atoms with van der Waals surface area (Å²) in [5.74, 6) is -0.0402. The van der Waals surface area contributed by atoms with Crippen LogP contribution < -0.4 is 10.6 Å². The molecule has 2 heterocycles. The summed E-state index contributed by atoms with van der Waals surface area (Å²) in [6.45, 7) is 5.70. The zero-order chi connectivity index (χ0) is 31.8. The van der Waals surface area contributed by atoms with E-state index >= 15 is 0 Å². The van der Waals surface area contributed by atoms with Gasteiger partial charge in [0.05, 0.1) is 31.5 Å². The van der Waals surface area contributed by atoms with Crippen LogP contribution in [0.1, 0.15) is 66.9 Å². The quantitative estimate of drug-likeness (QED) is 0.238. The summed E-state index contributed by atoms with van der Waals surface area (Å²) < 4.78 is 13.2. The van der Waals surface area contributed by atoms with Gasteiger partial charge in [-0.3, -0.25) is 9.69 Å². The lowest BCUT2D eigenvalue weighted by Gasteiger charge is -2.43. The van der Waals surface area contributed by atoms with Crippen molar-refractivity contribution in [1.82, 2.24) is 15.5 Å². The van der Waals surface area contributed by atoms with E-state index in [1.165, 1.54) is 6.92 Å². The van der Waals surface area contributed by atoms with Crippen LogP contribution in [0, 0.1) is 5.92 Å². The van der Waals surface area contributed by atoms with Crippen LogP contribution >= 0.6 is 0 Å². The first-order chi connectivity index (χ1) is 21.8. The Labute approximate surface area is 265 Å². The Morgan fingerprint density at radius 2 is 1.60 bits per heavy atom. The van der Waals surface area contributed by atoms with Gasteiger partial charge in [0, 0.05) is 30.6 Å². The number of carbonyl (C=O) groups is 2. The van der Waals surface area contributed by atoms with Gasteiger partial charge in [0.2, 0.25) is 0 Å². The number of amides is 2. The minimum Gasteiger partial charge on any atom is -0.395 e. The van der Waals surface area contributed by atoms with E-state index in [1.54, 1.807) is 0 Å². The van der Waals surface area contributed by atoms with Gasteiger partial charge in [0.15, 0.2) is 12.1 Å². The Balaban J connectivity index is 1.24. The summed E-state index contributed by atoms with van der Waals surface area (Å²) >= 11 is 0. The van der Waals surface area contributed by atoms with Crippen molar-refractivity contribution in [2.75, 3.05) is 19.7 Å². The third kappa shape index (κ3) is 8.56. The Morgan fingerprint density at radius 3 is 2.27 bits per heavy atom. The molecule has 3 aromatic carbocycles. The van der Waals surface area contributed by atoms with Crippen LogP contribution in [0.15, 0.2) is 78.9 Å². The summed E-state index contributed by atoms with van der Waals surface area (Å²) in [5, 5.41) is 25.1. The fourth-order valence-corrected chi connectivity index (χ4v) is 6.23. The number of ether oxygens (including phenoxy) is 2. The molecule has 2 fully saturated rings. The molecule has 2 aliphatic rings. The average Bonchev–Trinajstić information content (AvgIpc) is 3.52. The van der Waals surface area contributed by atoms with E-state index in [1.807, 2.05) is 78.9 Å². The smallest absolute Gasteiger partial charge is 0.315 e. The molecule has 0 aromatic heterocycles. The summed E-state index contributed by atoms with van der Waals surface area (Å²) in [6.07, 6.45) is 1.56. The largest absolute Gasteiger partial charge is 0.395 e. The molecule has 2 saturated heterocycles. The molecule has 0 saturated carbocycles. The predicted octanol–water partition coefficient (Wildman–Crippen LogP) is 4.43. The third-order valence-electron chi connectivity index (χ3n) is 9.03. The molecule has 2 aliphatic heterocycles. The Hall–Kier alpha value is -3.60.